The quantitative estimate of drug-likeness (QED) is 0.223. The number of nitrogens with zero attached hydrogens (tertiary/aromatic N) is 2. The number of carbonyl (C=O) groups is 2. The standard InChI is InChI=1S/C29H42N2O5S/c1-8-27(6)15-21(36-23(33)16-37-26-30-18(4)14-22(31-26)35-9-2)28(7)17(3)10-12-29(19(5)25(27)34)13-11-20(32)24(28)29/h8,14,17,19,21,24-25,34H,1,9-13,15-16H2,2-7H3/t17-,19+,21-,24+,25+,27-,28-,29+/m1/s1. The minimum absolute atomic E-state index is 0.0451. The first-order valence-corrected chi connectivity index (χ1v) is 14.5. The van der Waals surface area contributed by atoms with Crippen molar-refractivity contribution in [2.24, 2.45) is 34.0 Å². The zero-order chi connectivity index (χ0) is 27.2. The van der Waals surface area contributed by atoms with Gasteiger partial charge in [0.05, 0.1) is 18.5 Å². The Bertz CT molecular complexity index is 1060. The molecule has 8 atom stereocenters. The van der Waals surface area contributed by atoms with Crippen LogP contribution in [0.5, 0.6) is 5.88 Å². The summed E-state index contributed by atoms with van der Waals surface area (Å²) in [6.07, 6.45) is 4.21. The molecule has 0 aromatic carbocycles. The highest BCUT2D eigenvalue weighted by molar-refractivity contribution is 7.99. The van der Waals surface area contributed by atoms with Gasteiger partial charge in [-0.2, -0.15) is 4.98 Å². The monoisotopic (exact) mass is 530 g/mol. The second-order valence-electron chi connectivity index (χ2n) is 11.9. The van der Waals surface area contributed by atoms with Crippen molar-refractivity contribution in [2.75, 3.05) is 12.4 Å². The number of aryl methyl sites for hydroxylation is 1. The minimum atomic E-state index is -0.676. The van der Waals surface area contributed by atoms with Crippen LogP contribution in [-0.2, 0) is 14.3 Å². The Morgan fingerprint density at radius 1 is 1.30 bits per heavy atom. The average Bonchev–Trinajstić information content (AvgIpc) is 3.21. The van der Waals surface area contributed by atoms with Crippen LogP contribution in [0, 0.1) is 40.9 Å². The van der Waals surface area contributed by atoms with Gasteiger partial charge in [0.25, 0.3) is 0 Å². The van der Waals surface area contributed by atoms with Crippen LogP contribution in [0.3, 0.4) is 0 Å². The molecule has 0 amide bonds. The molecular formula is C29H42N2O5S. The Balaban J connectivity index is 1.64. The molecule has 1 aromatic heterocycles. The van der Waals surface area contributed by atoms with Gasteiger partial charge < -0.3 is 14.6 Å². The number of ether oxygens (including phenoxy) is 2. The third kappa shape index (κ3) is 4.73. The van der Waals surface area contributed by atoms with Crippen molar-refractivity contribution in [3.05, 3.63) is 24.4 Å². The zero-order valence-corrected chi connectivity index (χ0v) is 23.9. The molecule has 2 bridgehead atoms. The van der Waals surface area contributed by atoms with Crippen LogP contribution in [0.4, 0.5) is 0 Å². The molecule has 1 aromatic rings. The van der Waals surface area contributed by atoms with Crippen LogP contribution in [0.25, 0.3) is 0 Å². The first-order chi connectivity index (χ1) is 17.4. The zero-order valence-electron chi connectivity index (χ0n) is 23.1. The molecule has 204 valence electrons. The van der Waals surface area contributed by atoms with E-state index in [0.29, 0.717) is 30.5 Å². The topological polar surface area (TPSA) is 98.6 Å². The van der Waals surface area contributed by atoms with Gasteiger partial charge >= 0.3 is 5.97 Å². The van der Waals surface area contributed by atoms with E-state index in [1.54, 1.807) is 6.07 Å². The number of aliphatic hydroxyl groups is 1. The smallest absolute Gasteiger partial charge is 0.316 e. The summed E-state index contributed by atoms with van der Waals surface area (Å²) in [7, 11) is 0. The average molecular weight is 531 g/mol. The first-order valence-electron chi connectivity index (χ1n) is 13.6. The van der Waals surface area contributed by atoms with Crippen LogP contribution in [0.15, 0.2) is 23.9 Å². The van der Waals surface area contributed by atoms with Gasteiger partial charge in [0, 0.05) is 34.9 Å². The number of ketones is 1. The van der Waals surface area contributed by atoms with Gasteiger partial charge in [0.2, 0.25) is 5.88 Å². The van der Waals surface area contributed by atoms with E-state index in [1.807, 2.05) is 26.8 Å². The van der Waals surface area contributed by atoms with Crippen LogP contribution in [0.1, 0.15) is 72.4 Å². The van der Waals surface area contributed by atoms with Gasteiger partial charge in [-0.1, -0.05) is 45.5 Å². The second-order valence-corrected chi connectivity index (χ2v) is 12.9. The molecule has 8 heteroatoms. The van der Waals surface area contributed by atoms with Gasteiger partial charge in [-0.15, -0.1) is 6.58 Å². The molecule has 3 fully saturated rings. The number of thioether (sulfide) groups is 1. The fourth-order valence-electron chi connectivity index (χ4n) is 7.62. The number of aromatic nitrogens is 2. The maximum Gasteiger partial charge on any atom is 0.316 e. The lowest BCUT2D eigenvalue weighted by Crippen LogP contribution is -2.63. The number of aliphatic hydroxyl groups excluding tert-OH is 1. The van der Waals surface area contributed by atoms with E-state index in [0.717, 1.165) is 25.0 Å². The first kappa shape index (κ1) is 28.1. The lowest BCUT2D eigenvalue weighted by molar-refractivity contribution is -0.205. The van der Waals surface area contributed by atoms with Gasteiger partial charge in [0.1, 0.15) is 11.9 Å². The van der Waals surface area contributed by atoms with Crippen molar-refractivity contribution in [1.29, 1.82) is 0 Å². The summed E-state index contributed by atoms with van der Waals surface area (Å²) in [6.45, 7) is 16.8. The number of carbonyl (C=O) groups excluding carboxylic acids is 2. The van der Waals surface area contributed by atoms with Crippen molar-refractivity contribution < 1.29 is 24.2 Å². The highest BCUT2D eigenvalue weighted by Gasteiger charge is 2.68. The van der Waals surface area contributed by atoms with Gasteiger partial charge in [-0.25, -0.2) is 4.98 Å². The highest BCUT2D eigenvalue weighted by atomic mass is 32.2. The lowest BCUT2D eigenvalue weighted by atomic mass is 9.44. The molecule has 37 heavy (non-hydrogen) atoms. The van der Waals surface area contributed by atoms with Crippen molar-refractivity contribution >= 4 is 23.5 Å². The van der Waals surface area contributed by atoms with E-state index in [9.17, 15) is 14.7 Å². The van der Waals surface area contributed by atoms with E-state index in [4.69, 9.17) is 9.47 Å². The van der Waals surface area contributed by atoms with E-state index >= 15 is 0 Å². The fraction of sp³-hybridized carbons (Fsp3) is 0.724. The highest BCUT2D eigenvalue weighted by Crippen LogP contribution is 2.68. The van der Waals surface area contributed by atoms with Crippen LogP contribution < -0.4 is 4.74 Å². The number of hydrogen-bond acceptors (Lipinski definition) is 8. The van der Waals surface area contributed by atoms with Crippen molar-refractivity contribution in [1.82, 2.24) is 9.97 Å². The third-order valence-electron chi connectivity index (χ3n) is 10.00. The summed E-state index contributed by atoms with van der Waals surface area (Å²) in [5.74, 6) is 0.318. The Labute approximate surface area is 225 Å². The third-order valence-corrected chi connectivity index (χ3v) is 10.8. The summed E-state index contributed by atoms with van der Waals surface area (Å²) >= 11 is 1.22. The summed E-state index contributed by atoms with van der Waals surface area (Å²) in [5, 5.41) is 12.1. The predicted molar refractivity (Wildman–Crippen MR) is 143 cm³/mol. The van der Waals surface area contributed by atoms with Gasteiger partial charge in [-0.3, -0.25) is 9.59 Å². The fourth-order valence-corrected chi connectivity index (χ4v) is 8.30. The van der Waals surface area contributed by atoms with E-state index in [-0.39, 0.29) is 40.7 Å². The van der Waals surface area contributed by atoms with E-state index in [2.05, 4.69) is 37.3 Å². The maximum absolute atomic E-state index is 13.5. The van der Waals surface area contributed by atoms with Crippen LogP contribution in [-0.4, -0.2) is 51.4 Å². The van der Waals surface area contributed by atoms with Crippen molar-refractivity contribution in [2.45, 2.75) is 91.0 Å². The summed E-state index contributed by atoms with van der Waals surface area (Å²) < 4.78 is 11.8. The van der Waals surface area contributed by atoms with Crippen LogP contribution >= 0.6 is 11.8 Å². The van der Waals surface area contributed by atoms with Crippen molar-refractivity contribution in [3.63, 3.8) is 0 Å². The van der Waals surface area contributed by atoms with Crippen molar-refractivity contribution in [3.8, 4) is 5.88 Å². The maximum atomic E-state index is 13.5. The Kier molecular flexibility index (Phi) is 7.84. The largest absolute Gasteiger partial charge is 0.478 e. The number of rotatable bonds is 7. The predicted octanol–water partition coefficient (Wildman–Crippen LogP) is 5.18. The molecule has 7 nitrogen and oxygen atoms in total. The van der Waals surface area contributed by atoms with Crippen LogP contribution in [0.2, 0.25) is 0 Å². The summed E-state index contributed by atoms with van der Waals surface area (Å²) in [4.78, 5) is 35.6. The Morgan fingerprint density at radius 2 is 2.03 bits per heavy atom. The lowest BCUT2D eigenvalue weighted by Gasteiger charge is -2.61. The molecule has 1 heterocycles. The second kappa shape index (κ2) is 10.3. The molecule has 0 spiro atoms. The number of esters is 1. The molecular weight excluding hydrogens is 488 g/mol. The number of hydrogen-bond donors (Lipinski definition) is 1. The van der Waals surface area contributed by atoms with Gasteiger partial charge in [0.15, 0.2) is 5.16 Å². The van der Waals surface area contributed by atoms with Gasteiger partial charge in [-0.05, 0) is 56.8 Å². The molecule has 1 N–H and O–H groups in total. The molecule has 3 saturated carbocycles. The number of Topliss-reactive ketones (excluding diaryl/α,β-unsaturated/α-hetero) is 1. The minimum Gasteiger partial charge on any atom is -0.478 e. The van der Waals surface area contributed by atoms with E-state index in [1.165, 1.54) is 11.8 Å². The SMILES string of the molecule is C=C[C@]1(C)C[C@@H](OC(=O)CSc2nc(C)cc(OCC)n2)[C@@]2(C)[C@H](C)CC[C@]3(CCC(=O)[C@H]32)[C@@H](C)[C@@H]1O. The summed E-state index contributed by atoms with van der Waals surface area (Å²) in [6, 6.07) is 1.76. The molecule has 4 rings (SSSR count). The molecule has 3 aliphatic carbocycles. The molecule has 0 aliphatic heterocycles. The normalized spacial score (nSPS) is 39.3. The van der Waals surface area contributed by atoms with E-state index < -0.39 is 23.0 Å². The Hall–Kier alpha value is -1.93. The summed E-state index contributed by atoms with van der Waals surface area (Å²) in [5.41, 5.74) is -0.690. The Morgan fingerprint density at radius 3 is 2.70 bits per heavy atom. The molecule has 0 saturated heterocycles. The molecule has 0 unspecified atom stereocenters. The molecule has 0 radical (unpaired) electrons. The molecule has 3 aliphatic rings.